The van der Waals surface area contributed by atoms with E-state index < -0.39 is 0 Å². The number of aromatic amines is 1. The second-order valence-corrected chi connectivity index (χ2v) is 7.98. The smallest absolute Gasteiger partial charge is 0.161 e. The quantitative estimate of drug-likeness (QED) is 0.397. The molecule has 0 bridgehead atoms. The number of hydrogen-bond donors (Lipinski definition) is 2. The molecule has 2 aromatic carbocycles. The molecule has 0 fully saturated rings. The Morgan fingerprint density at radius 1 is 1.06 bits per heavy atom. The normalized spacial score (nSPS) is 11.6. The third-order valence-electron chi connectivity index (χ3n) is 6.01. The molecule has 164 valence electrons. The van der Waals surface area contributed by atoms with Crippen LogP contribution in [0.5, 0.6) is 5.75 Å². The van der Waals surface area contributed by atoms with E-state index in [1.165, 1.54) is 6.33 Å². The number of fused-ring (bicyclic) bond motifs is 4. The monoisotopic (exact) mass is 439 g/mol. The Labute approximate surface area is 188 Å². The van der Waals surface area contributed by atoms with Crippen molar-refractivity contribution < 1.29 is 9.26 Å². The number of benzene rings is 2. The summed E-state index contributed by atoms with van der Waals surface area (Å²) < 4.78 is 13.0. The van der Waals surface area contributed by atoms with Crippen molar-refractivity contribution in [3.63, 3.8) is 0 Å². The highest BCUT2D eigenvalue weighted by Crippen LogP contribution is 2.41. The highest BCUT2D eigenvalue weighted by Gasteiger charge is 2.20. The summed E-state index contributed by atoms with van der Waals surface area (Å²) in [5.41, 5.74) is 5.32. The van der Waals surface area contributed by atoms with E-state index in [0.29, 0.717) is 5.82 Å². The molecule has 2 N–H and O–H groups in total. The standard InChI is InChI=1S/C24H21N7O2/c1-12-20(13(2)33-30-12)16-9-17-15(10-19(16)32-4)21-23(27-17)25-11-26-24(21)28-22-14-7-5-6-8-18(14)31(3)29-22/h5-11H,1-4H3,(H2,25,26,27,28,29). The van der Waals surface area contributed by atoms with Gasteiger partial charge in [-0.05, 0) is 38.1 Å². The molecular formula is C24H21N7O2. The van der Waals surface area contributed by atoms with Gasteiger partial charge in [0.2, 0.25) is 0 Å². The molecule has 0 unspecified atom stereocenters. The Morgan fingerprint density at radius 3 is 2.70 bits per heavy atom. The number of H-pyrrole nitrogens is 1. The molecule has 9 nitrogen and oxygen atoms in total. The molecule has 33 heavy (non-hydrogen) atoms. The molecule has 6 aromatic rings. The second-order valence-electron chi connectivity index (χ2n) is 7.98. The minimum absolute atomic E-state index is 0.669. The number of nitrogens with zero attached hydrogens (tertiary/aromatic N) is 5. The number of nitrogens with one attached hydrogen (secondary N) is 2. The Kier molecular flexibility index (Phi) is 4.13. The summed E-state index contributed by atoms with van der Waals surface area (Å²) in [4.78, 5) is 12.4. The molecule has 9 heteroatoms. The summed E-state index contributed by atoms with van der Waals surface area (Å²) in [6.07, 6.45) is 1.54. The zero-order chi connectivity index (χ0) is 22.7. The number of hydrogen-bond acceptors (Lipinski definition) is 7. The van der Waals surface area contributed by atoms with Crippen LogP contribution in [0.2, 0.25) is 0 Å². The Hall–Kier alpha value is -4.40. The largest absolute Gasteiger partial charge is 0.496 e. The van der Waals surface area contributed by atoms with E-state index >= 15 is 0 Å². The van der Waals surface area contributed by atoms with Gasteiger partial charge in [0.25, 0.3) is 0 Å². The third-order valence-corrected chi connectivity index (χ3v) is 6.01. The first-order chi connectivity index (χ1) is 16.0. The fraction of sp³-hybridized carbons (Fsp3) is 0.167. The van der Waals surface area contributed by atoms with Crippen molar-refractivity contribution in [3.8, 4) is 16.9 Å². The average molecular weight is 439 g/mol. The zero-order valence-electron chi connectivity index (χ0n) is 18.6. The average Bonchev–Trinajstić information content (AvgIpc) is 3.46. The van der Waals surface area contributed by atoms with Crippen molar-refractivity contribution in [1.82, 2.24) is 29.9 Å². The van der Waals surface area contributed by atoms with E-state index in [9.17, 15) is 0 Å². The molecule has 0 saturated heterocycles. The Morgan fingerprint density at radius 2 is 1.91 bits per heavy atom. The number of para-hydroxylation sites is 1. The first kappa shape index (κ1) is 19.3. The van der Waals surface area contributed by atoms with Crippen LogP contribution in [0.3, 0.4) is 0 Å². The highest BCUT2D eigenvalue weighted by atomic mass is 16.5. The molecule has 0 aliphatic carbocycles. The van der Waals surface area contributed by atoms with Crippen molar-refractivity contribution in [2.45, 2.75) is 13.8 Å². The lowest BCUT2D eigenvalue weighted by molar-refractivity contribution is 0.393. The molecule has 0 atom stereocenters. The SMILES string of the molecule is COc1cc2c(cc1-c1c(C)noc1C)[nH]c1ncnc(Nc3nn(C)c4ccccc34)c12. The van der Waals surface area contributed by atoms with E-state index in [4.69, 9.17) is 9.26 Å². The first-order valence-corrected chi connectivity index (χ1v) is 10.5. The molecule has 4 heterocycles. The fourth-order valence-corrected chi connectivity index (χ4v) is 4.50. The summed E-state index contributed by atoms with van der Waals surface area (Å²) in [6.45, 7) is 3.82. The van der Waals surface area contributed by atoms with Gasteiger partial charge in [-0.25, -0.2) is 9.97 Å². The lowest BCUT2D eigenvalue weighted by Gasteiger charge is -2.09. The summed E-state index contributed by atoms with van der Waals surface area (Å²) in [5, 5.41) is 15.0. The van der Waals surface area contributed by atoms with E-state index in [1.54, 1.807) is 7.11 Å². The van der Waals surface area contributed by atoms with Gasteiger partial charge in [0, 0.05) is 28.9 Å². The van der Waals surface area contributed by atoms with Crippen LogP contribution in [0.15, 0.2) is 47.2 Å². The number of anilines is 2. The van der Waals surface area contributed by atoms with Crippen LogP contribution in [0.25, 0.3) is 44.0 Å². The van der Waals surface area contributed by atoms with Gasteiger partial charge in [-0.1, -0.05) is 17.3 Å². The van der Waals surface area contributed by atoms with Crippen molar-refractivity contribution in [2.75, 3.05) is 12.4 Å². The maximum Gasteiger partial charge on any atom is 0.161 e. The molecular weight excluding hydrogens is 418 g/mol. The van der Waals surface area contributed by atoms with Crippen molar-refractivity contribution in [2.24, 2.45) is 7.05 Å². The lowest BCUT2D eigenvalue weighted by atomic mass is 10.0. The van der Waals surface area contributed by atoms with Crippen LogP contribution in [0.1, 0.15) is 11.5 Å². The third kappa shape index (κ3) is 2.85. The van der Waals surface area contributed by atoms with Gasteiger partial charge in [0.15, 0.2) is 5.82 Å². The van der Waals surface area contributed by atoms with E-state index in [0.717, 1.165) is 67.0 Å². The number of methoxy groups -OCH3 is 1. The maximum absolute atomic E-state index is 5.76. The molecule has 0 amide bonds. The van der Waals surface area contributed by atoms with Crippen LogP contribution in [-0.4, -0.2) is 37.0 Å². The van der Waals surface area contributed by atoms with Gasteiger partial charge in [-0.15, -0.1) is 0 Å². The summed E-state index contributed by atoms with van der Waals surface area (Å²) in [5.74, 6) is 2.87. The molecule has 0 saturated carbocycles. The topological polar surface area (TPSA) is 107 Å². The van der Waals surface area contributed by atoms with Crippen LogP contribution >= 0.6 is 0 Å². The Bertz CT molecular complexity index is 1660. The molecule has 0 radical (unpaired) electrons. The number of aryl methyl sites for hydroxylation is 3. The van der Waals surface area contributed by atoms with E-state index in [1.807, 2.05) is 62.0 Å². The van der Waals surface area contributed by atoms with Crippen molar-refractivity contribution in [1.29, 1.82) is 0 Å². The predicted octanol–water partition coefficient (Wildman–Crippen LogP) is 5.02. The van der Waals surface area contributed by atoms with Gasteiger partial charge in [-0.2, -0.15) is 5.10 Å². The minimum atomic E-state index is 0.669. The number of aromatic nitrogens is 6. The van der Waals surface area contributed by atoms with Gasteiger partial charge in [0.05, 0.1) is 29.3 Å². The minimum Gasteiger partial charge on any atom is -0.496 e. The summed E-state index contributed by atoms with van der Waals surface area (Å²) in [7, 11) is 3.59. The van der Waals surface area contributed by atoms with Crippen LogP contribution in [0, 0.1) is 13.8 Å². The number of rotatable bonds is 4. The molecule has 0 aliphatic heterocycles. The van der Waals surface area contributed by atoms with Crippen LogP contribution < -0.4 is 10.1 Å². The van der Waals surface area contributed by atoms with Gasteiger partial charge in [-0.3, -0.25) is 4.68 Å². The van der Waals surface area contributed by atoms with E-state index in [-0.39, 0.29) is 0 Å². The predicted molar refractivity (Wildman–Crippen MR) is 127 cm³/mol. The van der Waals surface area contributed by atoms with Crippen molar-refractivity contribution in [3.05, 3.63) is 54.2 Å². The van der Waals surface area contributed by atoms with E-state index in [2.05, 4.69) is 30.5 Å². The fourth-order valence-electron chi connectivity index (χ4n) is 4.50. The van der Waals surface area contributed by atoms with Gasteiger partial charge < -0.3 is 19.6 Å². The van der Waals surface area contributed by atoms with Crippen LogP contribution in [-0.2, 0) is 7.05 Å². The molecule has 0 aliphatic rings. The number of ether oxygens (including phenoxy) is 1. The van der Waals surface area contributed by atoms with Crippen molar-refractivity contribution >= 4 is 44.5 Å². The maximum atomic E-state index is 5.76. The lowest BCUT2D eigenvalue weighted by Crippen LogP contribution is -1.97. The Balaban J connectivity index is 1.57. The first-order valence-electron chi connectivity index (χ1n) is 10.5. The zero-order valence-corrected chi connectivity index (χ0v) is 18.6. The van der Waals surface area contributed by atoms with Gasteiger partial charge >= 0.3 is 0 Å². The molecule has 6 rings (SSSR count). The second kappa shape index (κ2) is 7.06. The molecule has 0 spiro atoms. The highest BCUT2D eigenvalue weighted by molar-refractivity contribution is 6.13. The van der Waals surface area contributed by atoms with Crippen LogP contribution in [0.4, 0.5) is 11.6 Å². The summed E-state index contributed by atoms with van der Waals surface area (Å²) in [6, 6.07) is 12.1. The summed E-state index contributed by atoms with van der Waals surface area (Å²) >= 11 is 0. The van der Waals surface area contributed by atoms with Gasteiger partial charge in [0.1, 0.15) is 29.3 Å². The molecule has 4 aromatic heterocycles.